The van der Waals surface area contributed by atoms with Gasteiger partial charge in [-0.3, -0.25) is 9.89 Å². The van der Waals surface area contributed by atoms with E-state index in [1.54, 1.807) is 0 Å². The van der Waals surface area contributed by atoms with Crippen LogP contribution in [0.2, 0.25) is 0 Å². The number of fused-ring (bicyclic) bond motifs is 3. The number of aliphatic imine (C=N–C) groups is 2. The van der Waals surface area contributed by atoms with Crippen molar-refractivity contribution in [2.45, 2.75) is 32.2 Å². The number of aliphatic hydroxyl groups excluding tert-OH is 1. The van der Waals surface area contributed by atoms with Gasteiger partial charge in [0.25, 0.3) is 0 Å². The minimum Gasteiger partial charge on any atom is -0.491 e. The van der Waals surface area contributed by atoms with E-state index < -0.39 is 0 Å². The van der Waals surface area contributed by atoms with Gasteiger partial charge >= 0.3 is 0 Å². The maximum absolute atomic E-state index is 9.10. The Labute approximate surface area is 170 Å². The normalized spacial score (nSPS) is 17.7. The molecular weight excluding hydrogens is 368 g/mol. The van der Waals surface area contributed by atoms with Crippen LogP contribution in [-0.4, -0.2) is 70.9 Å². The number of aliphatic hydroxyl groups is 1. The molecule has 29 heavy (non-hydrogen) atoms. The lowest BCUT2D eigenvalue weighted by Crippen LogP contribution is -2.46. The smallest absolute Gasteiger partial charge is 0.177 e. The summed E-state index contributed by atoms with van der Waals surface area (Å²) in [5.41, 5.74) is 9.52. The van der Waals surface area contributed by atoms with Crippen LogP contribution in [0.25, 0.3) is 5.69 Å². The van der Waals surface area contributed by atoms with Gasteiger partial charge in [0.1, 0.15) is 17.1 Å². The van der Waals surface area contributed by atoms with E-state index in [9.17, 15) is 0 Å². The van der Waals surface area contributed by atoms with E-state index in [1.165, 1.54) is 11.9 Å². The van der Waals surface area contributed by atoms with E-state index in [2.05, 4.69) is 27.0 Å². The Morgan fingerprint density at radius 1 is 1.38 bits per heavy atom. The molecule has 0 bridgehead atoms. The highest BCUT2D eigenvalue weighted by molar-refractivity contribution is 6.01. The second-order valence-corrected chi connectivity index (χ2v) is 7.76. The molecule has 0 radical (unpaired) electrons. The van der Waals surface area contributed by atoms with Gasteiger partial charge in [0, 0.05) is 43.7 Å². The fourth-order valence-corrected chi connectivity index (χ4v) is 3.84. The first-order valence-electron chi connectivity index (χ1n) is 10.1. The lowest BCUT2D eigenvalue weighted by atomic mass is 9.91. The lowest BCUT2D eigenvalue weighted by Gasteiger charge is -2.39. The molecule has 1 fully saturated rings. The van der Waals surface area contributed by atoms with E-state index in [1.807, 2.05) is 30.7 Å². The van der Waals surface area contributed by atoms with Crippen molar-refractivity contribution < 1.29 is 9.84 Å². The van der Waals surface area contributed by atoms with Gasteiger partial charge in [0.15, 0.2) is 5.84 Å². The Morgan fingerprint density at radius 3 is 2.93 bits per heavy atom. The molecule has 2 aromatic rings. The van der Waals surface area contributed by atoms with Gasteiger partial charge < -0.3 is 15.6 Å². The lowest BCUT2D eigenvalue weighted by molar-refractivity contribution is 0.115. The van der Waals surface area contributed by atoms with Crippen LogP contribution in [0.3, 0.4) is 0 Å². The van der Waals surface area contributed by atoms with Crippen molar-refractivity contribution in [3.05, 3.63) is 41.2 Å². The van der Waals surface area contributed by atoms with Gasteiger partial charge in [0.05, 0.1) is 19.6 Å². The van der Waals surface area contributed by atoms with Gasteiger partial charge in [-0.05, 0) is 37.6 Å². The molecule has 154 valence electrons. The standard InChI is InChI=1S/C21H28N6O2/c1-14(2)24-21(23-13-22)18-10-17-5-8-29-20-4-3-15(9-19(20)27(17)25-18)16-11-26(12-16)6-7-28/h3-4,9-10,13-14,16,28H,5-8,11-12H2,1-2H3,(H2,22,23,24). The number of likely N-dealkylation sites (tertiary alicyclic amines) is 1. The molecule has 4 rings (SSSR count). The van der Waals surface area contributed by atoms with E-state index in [0.29, 0.717) is 24.1 Å². The molecule has 0 atom stereocenters. The number of amidine groups is 1. The molecule has 0 saturated carbocycles. The average molecular weight is 396 g/mol. The van der Waals surface area contributed by atoms with Gasteiger partial charge in [-0.1, -0.05) is 6.07 Å². The minimum absolute atomic E-state index is 0.0953. The van der Waals surface area contributed by atoms with Crippen LogP contribution in [0.1, 0.15) is 36.7 Å². The fraction of sp³-hybridized carbons (Fsp3) is 0.476. The van der Waals surface area contributed by atoms with E-state index in [4.69, 9.17) is 20.7 Å². The van der Waals surface area contributed by atoms with Crippen molar-refractivity contribution in [1.82, 2.24) is 14.7 Å². The number of ether oxygens (including phenoxy) is 1. The Balaban J connectivity index is 1.68. The quantitative estimate of drug-likeness (QED) is 0.587. The van der Waals surface area contributed by atoms with Crippen molar-refractivity contribution >= 4 is 12.2 Å². The molecule has 0 spiro atoms. The number of hydrogen-bond donors (Lipinski definition) is 2. The predicted molar refractivity (Wildman–Crippen MR) is 113 cm³/mol. The molecule has 2 aliphatic rings. The summed E-state index contributed by atoms with van der Waals surface area (Å²) in [6.45, 7) is 7.47. The zero-order valence-corrected chi connectivity index (χ0v) is 17.0. The second-order valence-electron chi connectivity index (χ2n) is 7.76. The molecule has 1 aromatic heterocycles. The van der Waals surface area contributed by atoms with Crippen molar-refractivity contribution in [2.75, 3.05) is 32.8 Å². The number of β-amino-alcohol motifs (C(OH)–C–C–N with tert-alkyl or cyclic N) is 1. The largest absolute Gasteiger partial charge is 0.491 e. The van der Waals surface area contributed by atoms with Crippen LogP contribution in [0.5, 0.6) is 5.75 Å². The summed E-state index contributed by atoms with van der Waals surface area (Å²) in [5.74, 6) is 1.84. The minimum atomic E-state index is 0.0953. The zero-order valence-electron chi connectivity index (χ0n) is 17.0. The molecule has 0 aliphatic carbocycles. The van der Waals surface area contributed by atoms with Crippen molar-refractivity contribution in [3.8, 4) is 11.4 Å². The topological polar surface area (TPSA) is 101 Å². The van der Waals surface area contributed by atoms with Crippen molar-refractivity contribution in [2.24, 2.45) is 15.7 Å². The van der Waals surface area contributed by atoms with Crippen LogP contribution in [0.4, 0.5) is 0 Å². The first-order valence-corrected chi connectivity index (χ1v) is 10.1. The summed E-state index contributed by atoms with van der Waals surface area (Å²) >= 11 is 0. The molecule has 0 amide bonds. The SMILES string of the molecule is CC(C)N=C(N=CN)c1cc2n(n1)-c1cc(C3CN(CCO)C3)ccc1OCC2. The summed E-state index contributed by atoms with van der Waals surface area (Å²) < 4.78 is 7.92. The van der Waals surface area contributed by atoms with Crippen LogP contribution >= 0.6 is 0 Å². The maximum atomic E-state index is 9.10. The van der Waals surface area contributed by atoms with E-state index >= 15 is 0 Å². The summed E-state index contributed by atoms with van der Waals surface area (Å²) in [6, 6.07) is 8.47. The first kappa shape index (κ1) is 19.6. The monoisotopic (exact) mass is 396 g/mol. The zero-order chi connectivity index (χ0) is 20.4. The Hall–Kier alpha value is -2.71. The Kier molecular flexibility index (Phi) is 5.64. The highest BCUT2D eigenvalue weighted by Crippen LogP contribution is 2.34. The predicted octanol–water partition coefficient (Wildman–Crippen LogP) is 1.34. The third kappa shape index (κ3) is 4.04. The van der Waals surface area contributed by atoms with Gasteiger partial charge in [-0.2, -0.15) is 5.10 Å². The Bertz CT molecular complexity index is 927. The molecule has 0 unspecified atom stereocenters. The number of rotatable bonds is 5. The van der Waals surface area contributed by atoms with Gasteiger partial charge in [-0.25, -0.2) is 9.67 Å². The molecule has 3 N–H and O–H groups in total. The average Bonchev–Trinajstić information content (AvgIpc) is 3.01. The number of nitrogens with zero attached hydrogens (tertiary/aromatic N) is 5. The Morgan fingerprint density at radius 2 is 2.21 bits per heavy atom. The number of benzene rings is 1. The summed E-state index contributed by atoms with van der Waals surface area (Å²) in [6.07, 6.45) is 2.02. The summed E-state index contributed by atoms with van der Waals surface area (Å²) in [4.78, 5) is 11.0. The summed E-state index contributed by atoms with van der Waals surface area (Å²) in [5, 5.41) is 13.9. The highest BCUT2D eigenvalue weighted by atomic mass is 16.5. The third-order valence-electron chi connectivity index (χ3n) is 5.26. The fourth-order valence-electron chi connectivity index (χ4n) is 3.84. The highest BCUT2D eigenvalue weighted by Gasteiger charge is 2.29. The number of nitrogens with two attached hydrogens (primary N) is 1. The van der Waals surface area contributed by atoms with Gasteiger partial charge in [0.2, 0.25) is 0 Å². The number of hydrogen-bond acceptors (Lipinski definition) is 5. The maximum Gasteiger partial charge on any atom is 0.177 e. The van der Waals surface area contributed by atoms with Crippen LogP contribution in [0, 0.1) is 0 Å². The van der Waals surface area contributed by atoms with Crippen molar-refractivity contribution in [1.29, 1.82) is 0 Å². The molecule has 2 aliphatic heterocycles. The molecule has 8 nitrogen and oxygen atoms in total. The van der Waals surface area contributed by atoms with Crippen molar-refractivity contribution in [3.63, 3.8) is 0 Å². The molecule has 8 heteroatoms. The molecular formula is C21H28N6O2. The first-order chi connectivity index (χ1) is 14.1. The number of aromatic nitrogens is 2. The van der Waals surface area contributed by atoms with Crippen LogP contribution in [-0.2, 0) is 6.42 Å². The summed E-state index contributed by atoms with van der Waals surface area (Å²) in [7, 11) is 0. The third-order valence-corrected chi connectivity index (χ3v) is 5.26. The van der Waals surface area contributed by atoms with E-state index in [-0.39, 0.29) is 12.6 Å². The van der Waals surface area contributed by atoms with Gasteiger partial charge in [-0.15, -0.1) is 0 Å². The molecule has 3 heterocycles. The second kappa shape index (κ2) is 8.34. The molecule has 1 aromatic carbocycles. The molecule has 1 saturated heterocycles. The van der Waals surface area contributed by atoms with E-state index in [0.717, 1.165) is 43.2 Å². The van der Waals surface area contributed by atoms with Crippen LogP contribution < -0.4 is 10.5 Å². The van der Waals surface area contributed by atoms with Crippen LogP contribution in [0.15, 0.2) is 34.3 Å².